The molecule has 2 aromatic rings. The first-order valence-electron chi connectivity index (χ1n) is 3.72. The highest BCUT2D eigenvalue weighted by Crippen LogP contribution is 2.09. The zero-order chi connectivity index (χ0) is 9.26. The van der Waals surface area contributed by atoms with Gasteiger partial charge in [0.05, 0.1) is 11.1 Å². The van der Waals surface area contributed by atoms with Gasteiger partial charge in [-0.1, -0.05) is 11.5 Å². The molecule has 0 unspecified atom stereocenters. The van der Waals surface area contributed by atoms with E-state index in [1.54, 1.807) is 24.5 Å². The van der Waals surface area contributed by atoms with Crippen molar-refractivity contribution in [3.63, 3.8) is 0 Å². The van der Waals surface area contributed by atoms with Crippen molar-refractivity contribution < 1.29 is 0 Å². The van der Waals surface area contributed by atoms with E-state index in [9.17, 15) is 0 Å². The Morgan fingerprint density at radius 3 is 2.54 bits per heavy atom. The summed E-state index contributed by atoms with van der Waals surface area (Å²) in [5, 5.41) is 8.77. The first kappa shape index (κ1) is 7.75. The van der Waals surface area contributed by atoms with Crippen LogP contribution in [-0.2, 0) is 0 Å². The summed E-state index contributed by atoms with van der Waals surface area (Å²) in [7, 11) is 5.67. The molecular weight excluding hydrogens is 161 g/mol. The summed E-state index contributed by atoms with van der Waals surface area (Å²) >= 11 is 0. The standard InChI is InChI=1S/C9H4BN3/c10-7-2-1-6(5-11)8-9(7)13-4-3-12-8/h1-4H. The molecule has 0 spiro atoms. The molecule has 0 aliphatic rings. The first-order chi connectivity index (χ1) is 6.33. The summed E-state index contributed by atoms with van der Waals surface area (Å²) < 4.78 is 0. The van der Waals surface area contributed by atoms with Crippen molar-refractivity contribution in [2.75, 3.05) is 0 Å². The van der Waals surface area contributed by atoms with Gasteiger partial charge in [0.15, 0.2) is 0 Å². The molecule has 1 aromatic carbocycles. The maximum atomic E-state index is 8.77. The SMILES string of the molecule is [B]c1ccc(C#N)c2nccnc12. The van der Waals surface area contributed by atoms with Gasteiger partial charge < -0.3 is 0 Å². The minimum atomic E-state index is 0.498. The second-order valence-electron chi connectivity index (χ2n) is 2.57. The Kier molecular flexibility index (Phi) is 1.71. The Morgan fingerprint density at radius 2 is 1.85 bits per heavy atom. The highest BCUT2D eigenvalue weighted by atomic mass is 14.8. The molecule has 2 rings (SSSR count). The predicted octanol–water partition coefficient (Wildman–Crippen LogP) is 0.295. The Balaban J connectivity index is 2.95. The minimum Gasteiger partial charge on any atom is -0.254 e. The third-order valence-electron chi connectivity index (χ3n) is 1.78. The molecule has 13 heavy (non-hydrogen) atoms. The van der Waals surface area contributed by atoms with Crippen LogP contribution in [0.1, 0.15) is 5.56 Å². The van der Waals surface area contributed by atoms with Crippen LogP contribution in [0.25, 0.3) is 11.0 Å². The Labute approximate surface area is 76.5 Å². The van der Waals surface area contributed by atoms with E-state index in [0.29, 0.717) is 22.1 Å². The van der Waals surface area contributed by atoms with Crippen LogP contribution in [0, 0.1) is 11.3 Å². The van der Waals surface area contributed by atoms with E-state index in [1.807, 2.05) is 6.07 Å². The van der Waals surface area contributed by atoms with Crippen LogP contribution in [0.5, 0.6) is 0 Å². The lowest BCUT2D eigenvalue weighted by Gasteiger charge is -2.00. The number of rotatable bonds is 0. The van der Waals surface area contributed by atoms with E-state index in [2.05, 4.69) is 9.97 Å². The van der Waals surface area contributed by atoms with E-state index in [4.69, 9.17) is 13.1 Å². The fourth-order valence-electron chi connectivity index (χ4n) is 1.17. The van der Waals surface area contributed by atoms with Gasteiger partial charge in [0.1, 0.15) is 19.4 Å². The van der Waals surface area contributed by atoms with Gasteiger partial charge in [-0.15, -0.1) is 0 Å². The summed E-state index contributed by atoms with van der Waals surface area (Å²) in [5.41, 5.74) is 2.19. The highest BCUT2D eigenvalue weighted by Gasteiger charge is 2.03. The largest absolute Gasteiger partial charge is 0.254 e. The van der Waals surface area contributed by atoms with Crippen molar-refractivity contribution in [1.29, 1.82) is 5.26 Å². The maximum Gasteiger partial charge on any atom is 0.116 e. The second-order valence-corrected chi connectivity index (χ2v) is 2.57. The molecule has 0 amide bonds. The van der Waals surface area contributed by atoms with E-state index in [-0.39, 0.29) is 0 Å². The molecule has 0 saturated carbocycles. The Hall–Kier alpha value is -1.89. The fourth-order valence-corrected chi connectivity index (χ4v) is 1.17. The summed E-state index contributed by atoms with van der Waals surface area (Å²) in [5.74, 6) is 0. The van der Waals surface area contributed by atoms with Crippen LogP contribution in [0.15, 0.2) is 24.5 Å². The molecule has 0 fully saturated rings. The number of aromatic nitrogens is 2. The molecule has 2 radical (unpaired) electrons. The number of benzene rings is 1. The zero-order valence-electron chi connectivity index (χ0n) is 6.73. The van der Waals surface area contributed by atoms with Gasteiger partial charge in [-0.2, -0.15) is 5.26 Å². The van der Waals surface area contributed by atoms with Gasteiger partial charge in [0, 0.05) is 12.4 Å². The van der Waals surface area contributed by atoms with Gasteiger partial charge in [0.25, 0.3) is 0 Å². The fraction of sp³-hybridized carbons (Fsp3) is 0. The zero-order valence-corrected chi connectivity index (χ0v) is 6.73. The topological polar surface area (TPSA) is 49.6 Å². The second kappa shape index (κ2) is 2.87. The molecule has 0 N–H and O–H groups in total. The molecule has 0 saturated heterocycles. The third-order valence-corrected chi connectivity index (χ3v) is 1.78. The number of hydrogen-bond donors (Lipinski definition) is 0. The molecular formula is C9H4BN3. The lowest BCUT2D eigenvalue weighted by Crippen LogP contribution is -2.06. The van der Waals surface area contributed by atoms with Crippen molar-refractivity contribution >= 4 is 24.3 Å². The summed E-state index contributed by atoms with van der Waals surface area (Å²) in [4.78, 5) is 8.10. The van der Waals surface area contributed by atoms with Crippen LogP contribution in [-0.4, -0.2) is 17.8 Å². The lowest BCUT2D eigenvalue weighted by atomic mass is 9.93. The summed E-state index contributed by atoms with van der Waals surface area (Å²) in [6.45, 7) is 0. The molecule has 0 aliphatic heterocycles. The highest BCUT2D eigenvalue weighted by molar-refractivity contribution is 6.38. The van der Waals surface area contributed by atoms with Crippen molar-refractivity contribution in [3.8, 4) is 6.07 Å². The maximum absolute atomic E-state index is 8.77. The predicted molar refractivity (Wildman–Crippen MR) is 49.6 cm³/mol. The molecule has 0 aliphatic carbocycles. The van der Waals surface area contributed by atoms with Crippen LogP contribution >= 0.6 is 0 Å². The van der Waals surface area contributed by atoms with E-state index in [1.165, 1.54) is 0 Å². The molecule has 4 heteroatoms. The summed E-state index contributed by atoms with van der Waals surface area (Å²) in [6, 6.07) is 5.35. The average Bonchev–Trinajstić information content (AvgIpc) is 2.19. The normalized spacial score (nSPS) is 9.77. The van der Waals surface area contributed by atoms with Gasteiger partial charge in [0.2, 0.25) is 0 Å². The van der Waals surface area contributed by atoms with E-state index < -0.39 is 0 Å². The summed E-state index contributed by atoms with van der Waals surface area (Å²) in [6.07, 6.45) is 3.10. The third kappa shape index (κ3) is 1.15. The number of hydrogen-bond acceptors (Lipinski definition) is 3. The minimum absolute atomic E-state index is 0.498. The molecule has 1 aromatic heterocycles. The molecule has 3 nitrogen and oxygen atoms in total. The lowest BCUT2D eigenvalue weighted by molar-refractivity contribution is 1.29. The van der Waals surface area contributed by atoms with Gasteiger partial charge >= 0.3 is 0 Å². The van der Waals surface area contributed by atoms with Gasteiger partial charge in [-0.3, -0.25) is 9.97 Å². The van der Waals surface area contributed by atoms with Crippen LogP contribution < -0.4 is 5.46 Å². The van der Waals surface area contributed by atoms with Crippen molar-refractivity contribution in [2.45, 2.75) is 0 Å². The van der Waals surface area contributed by atoms with Crippen LogP contribution in [0.2, 0.25) is 0 Å². The van der Waals surface area contributed by atoms with Crippen molar-refractivity contribution in [2.24, 2.45) is 0 Å². The molecule has 0 bridgehead atoms. The first-order valence-corrected chi connectivity index (χ1v) is 3.72. The number of nitriles is 1. The monoisotopic (exact) mass is 165 g/mol. The molecule has 1 heterocycles. The number of nitrogens with zero attached hydrogens (tertiary/aromatic N) is 3. The average molecular weight is 165 g/mol. The van der Waals surface area contributed by atoms with E-state index in [0.717, 1.165) is 0 Å². The number of fused-ring (bicyclic) bond motifs is 1. The van der Waals surface area contributed by atoms with Crippen LogP contribution in [0.3, 0.4) is 0 Å². The smallest absolute Gasteiger partial charge is 0.116 e. The van der Waals surface area contributed by atoms with Crippen molar-refractivity contribution in [1.82, 2.24) is 9.97 Å². The quantitative estimate of drug-likeness (QED) is 0.527. The Bertz CT molecular complexity index is 502. The van der Waals surface area contributed by atoms with Gasteiger partial charge in [-0.25, -0.2) is 0 Å². The van der Waals surface area contributed by atoms with E-state index >= 15 is 0 Å². The Morgan fingerprint density at radius 1 is 1.15 bits per heavy atom. The molecule has 0 atom stereocenters. The van der Waals surface area contributed by atoms with Crippen LogP contribution in [0.4, 0.5) is 0 Å². The van der Waals surface area contributed by atoms with Gasteiger partial charge in [-0.05, 0) is 6.07 Å². The van der Waals surface area contributed by atoms with Crippen molar-refractivity contribution in [3.05, 3.63) is 30.1 Å². The molecule has 58 valence electrons.